The van der Waals surface area contributed by atoms with E-state index < -0.39 is 0 Å². The van der Waals surface area contributed by atoms with Gasteiger partial charge in [0.2, 0.25) is 11.8 Å². The molecular formula is C23H31FN2O3S. The van der Waals surface area contributed by atoms with E-state index in [9.17, 15) is 14.0 Å². The van der Waals surface area contributed by atoms with E-state index in [0.717, 1.165) is 16.0 Å². The summed E-state index contributed by atoms with van der Waals surface area (Å²) in [4.78, 5) is 30.3. The lowest BCUT2D eigenvalue weighted by Crippen LogP contribution is -2.44. The topological polar surface area (TPSA) is 49.9 Å². The van der Waals surface area contributed by atoms with Crippen LogP contribution >= 0.6 is 11.3 Å². The monoisotopic (exact) mass is 434 g/mol. The molecule has 0 saturated heterocycles. The normalized spacial score (nSPS) is 11.0. The van der Waals surface area contributed by atoms with E-state index in [1.54, 1.807) is 40.4 Å². The van der Waals surface area contributed by atoms with Crippen molar-refractivity contribution in [2.75, 3.05) is 26.8 Å². The summed E-state index contributed by atoms with van der Waals surface area (Å²) in [7, 11) is 1.58. The zero-order chi connectivity index (χ0) is 22.1. The first-order chi connectivity index (χ1) is 14.3. The average molecular weight is 435 g/mol. The number of nitrogens with zero attached hydrogens (tertiary/aromatic N) is 2. The van der Waals surface area contributed by atoms with Crippen molar-refractivity contribution in [1.82, 2.24) is 9.80 Å². The zero-order valence-electron chi connectivity index (χ0n) is 18.2. The van der Waals surface area contributed by atoms with Gasteiger partial charge in [-0.25, -0.2) is 4.39 Å². The molecule has 2 rings (SSSR count). The van der Waals surface area contributed by atoms with Crippen LogP contribution in [0.25, 0.3) is 0 Å². The number of carbonyl (C=O) groups excluding carboxylic acids is 2. The van der Waals surface area contributed by atoms with Gasteiger partial charge in [0.1, 0.15) is 5.82 Å². The minimum atomic E-state index is -0.309. The van der Waals surface area contributed by atoms with E-state index in [-0.39, 0.29) is 30.1 Å². The van der Waals surface area contributed by atoms with Crippen LogP contribution in [0, 0.1) is 18.7 Å². The van der Waals surface area contributed by atoms with Crippen molar-refractivity contribution in [1.29, 1.82) is 0 Å². The van der Waals surface area contributed by atoms with Crippen molar-refractivity contribution in [3.63, 3.8) is 0 Å². The van der Waals surface area contributed by atoms with E-state index in [0.29, 0.717) is 32.7 Å². The molecule has 2 aromatic rings. The quantitative estimate of drug-likeness (QED) is 0.531. The molecular weight excluding hydrogens is 403 g/mol. The summed E-state index contributed by atoms with van der Waals surface area (Å²) < 4.78 is 18.4. The number of rotatable bonds is 11. The van der Waals surface area contributed by atoms with Gasteiger partial charge in [0.25, 0.3) is 0 Å². The summed E-state index contributed by atoms with van der Waals surface area (Å²) >= 11 is 1.60. The molecule has 0 unspecified atom stereocenters. The van der Waals surface area contributed by atoms with Crippen LogP contribution in [-0.2, 0) is 27.4 Å². The van der Waals surface area contributed by atoms with Gasteiger partial charge in [-0.1, -0.05) is 26.0 Å². The van der Waals surface area contributed by atoms with Gasteiger partial charge in [-0.2, -0.15) is 0 Å². The molecule has 5 nitrogen and oxygen atoms in total. The second kappa shape index (κ2) is 11.8. The van der Waals surface area contributed by atoms with Crippen molar-refractivity contribution in [3.8, 4) is 0 Å². The van der Waals surface area contributed by atoms with Crippen molar-refractivity contribution >= 4 is 23.2 Å². The Labute approximate surface area is 182 Å². The fraction of sp³-hybridized carbons (Fsp3) is 0.478. The maximum absolute atomic E-state index is 13.3. The van der Waals surface area contributed by atoms with Gasteiger partial charge in [0.05, 0.1) is 19.7 Å². The third-order valence-corrected chi connectivity index (χ3v) is 5.78. The number of hydrogen-bond acceptors (Lipinski definition) is 4. The Kier molecular flexibility index (Phi) is 9.46. The molecule has 0 fully saturated rings. The molecule has 0 aliphatic carbocycles. The van der Waals surface area contributed by atoms with Crippen LogP contribution in [0.5, 0.6) is 0 Å². The zero-order valence-corrected chi connectivity index (χ0v) is 19.0. The molecule has 2 amide bonds. The number of thiophene rings is 1. The van der Waals surface area contributed by atoms with E-state index in [2.05, 4.69) is 0 Å². The molecule has 0 radical (unpaired) electrons. The Bertz CT molecular complexity index is 820. The number of halogens is 1. The Morgan fingerprint density at radius 3 is 2.33 bits per heavy atom. The maximum Gasteiger partial charge on any atom is 0.242 e. The Balaban J connectivity index is 2.18. The number of carbonyl (C=O) groups is 2. The molecule has 30 heavy (non-hydrogen) atoms. The van der Waals surface area contributed by atoms with Gasteiger partial charge in [0, 0.05) is 31.5 Å². The summed E-state index contributed by atoms with van der Waals surface area (Å²) in [6.07, 6.45) is 0.388. The second-order valence-corrected chi connectivity index (χ2v) is 8.81. The first-order valence-corrected chi connectivity index (χ1v) is 11.0. The van der Waals surface area contributed by atoms with Crippen molar-refractivity contribution in [2.24, 2.45) is 5.92 Å². The number of methoxy groups -OCH3 is 1. The van der Waals surface area contributed by atoms with Crippen LogP contribution in [0.15, 0.2) is 35.7 Å². The molecule has 164 valence electrons. The first kappa shape index (κ1) is 24.0. The van der Waals surface area contributed by atoms with Gasteiger partial charge in [-0.15, -0.1) is 11.3 Å². The van der Waals surface area contributed by atoms with Crippen LogP contribution in [0.4, 0.5) is 4.39 Å². The summed E-state index contributed by atoms with van der Waals surface area (Å²) in [6, 6.07) is 8.18. The summed E-state index contributed by atoms with van der Waals surface area (Å²) in [5.41, 5.74) is 1.97. The van der Waals surface area contributed by atoms with Crippen LogP contribution in [0.1, 0.15) is 36.3 Å². The number of benzene rings is 1. The van der Waals surface area contributed by atoms with Gasteiger partial charge in [0.15, 0.2) is 0 Å². The minimum Gasteiger partial charge on any atom is -0.383 e. The lowest BCUT2D eigenvalue weighted by Gasteiger charge is -2.28. The molecule has 0 atom stereocenters. The highest BCUT2D eigenvalue weighted by Crippen LogP contribution is 2.20. The van der Waals surface area contributed by atoms with E-state index >= 15 is 0 Å². The number of ether oxygens (including phenoxy) is 1. The summed E-state index contributed by atoms with van der Waals surface area (Å²) in [5, 5.41) is 2.00. The number of aryl methyl sites for hydroxylation is 1. The molecule has 0 aliphatic heterocycles. The molecule has 7 heteroatoms. The smallest absolute Gasteiger partial charge is 0.242 e. The molecule has 0 N–H and O–H groups in total. The maximum atomic E-state index is 13.3. The summed E-state index contributed by atoms with van der Waals surface area (Å²) in [5.74, 6) is -0.290. The summed E-state index contributed by atoms with van der Waals surface area (Å²) in [6.45, 7) is 7.53. The number of amides is 2. The molecule has 0 spiro atoms. The molecule has 1 heterocycles. The highest BCUT2D eigenvalue weighted by atomic mass is 32.1. The van der Waals surface area contributed by atoms with Crippen molar-refractivity contribution in [2.45, 2.75) is 40.3 Å². The highest BCUT2D eigenvalue weighted by Gasteiger charge is 2.23. The van der Waals surface area contributed by atoms with Gasteiger partial charge < -0.3 is 14.5 Å². The van der Waals surface area contributed by atoms with Crippen molar-refractivity contribution < 1.29 is 18.7 Å². The third kappa shape index (κ3) is 7.54. The van der Waals surface area contributed by atoms with E-state index in [4.69, 9.17) is 4.74 Å². The third-order valence-electron chi connectivity index (χ3n) is 4.77. The van der Waals surface area contributed by atoms with E-state index in [1.165, 1.54) is 12.1 Å². The largest absolute Gasteiger partial charge is 0.383 e. The molecule has 0 aliphatic rings. The molecule has 1 aromatic heterocycles. The van der Waals surface area contributed by atoms with Gasteiger partial charge in [-0.05, 0) is 47.5 Å². The lowest BCUT2D eigenvalue weighted by molar-refractivity contribution is -0.142. The lowest BCUT2D eigenvalue weighted by atomic mass is 10.1. The predicted molar refractivity (Wildman–Crippen MR) is 118 cm³/mol. The predicted octanol–water partition coefficient (Wildman–Crippen LogP) is 4.25. The van der Waals surface area contributed by atoms with Crippen LogP contribution < -0.4 is 0 Å². The Morgan fingerprint density at radius 1 is 1.07 bits per heavy atom. The van der Waals surface area contributed by atoms with Gasteiger partial charge in [-0.3, -0.25) is 9.59 Å². The molecule has 1 aromatic carbocycles. The Morgan fingerprint density at radius 2 is 1.77 bits per heavy atom. The van der Waals surface area contributed by atoms with Crippen LogP contribution in [-0.4, -0.2) is 48.4 Å². The standard InChI is InChI=1S/C23H31FN2O3S/c1-17(2)13-22(27)25(10-11-29-4)16-23(28)26(15-21-18(3)9-12-30-21)14-19-5-7-20(24)8-6-19/h5-9,12,17H,10-11,13-16H2,1-4H3. The Hall–Kier alpha value is -2.25. The fourth-order valence-corrected chi connectivity index (χ4v) is 3.94. The SMILES string of the molecule is COCCN(CC(=O)N(Cc1ccc(F)cc1)Cc1sccc1C)C(=O)CC(C)C. The molecule has 0 saturated carbocycles. The van der Waals surface area contributed by atoms with Crippen molar-refractivity contribution in [3.05, 3.63) is 57.5 Å². The first-order valence-electron chi connectivity index (χ1n) is 10.1. The average Bonchev–Trinajstić information content (AvgIpc) is 3.10. The highest BCUT2D eigenvalue weighted by molar-refractivity contribution is 7.10. The van der Waals surface area contributed by atoms with Crippen LogP contribution in [0.2, 0.25) is 0 Å². The minimum absolute atomic E-state index is 0.000527. The number of hydrogen-bond donors (Lipinski definition) is 0. The van der Waals surface area contributed by atoms with Gasteiger partial charge >= 0.3 is 0 Å². The van der Waals surface area contributed by atoms with E-state index in [1.807, 2.05) is 32.2 Å². The van der Waals surface area contributed by atoms with Crippen LogP contribution in [0.3, 0.4) is 0 Å². The second-order valence-electron chi connectivity index (χ2n) is 7.81. The fourth-order valence-electron chi connectivity index (χ4n) is 3.02. The molecule has 0 bridgehead atoms.